The van der Waals surface area contributed by atoms with Crippen LogP contribution in [0.2, 0.25) is 10.0 Å². The molecule has 0 heterocycles. The fraction of sp³-hybridized carbons (Fsp3) is 0.429. The molecule has 17 heavy (non-hydrogen) atoms. The average molecular weight is 271 g/mol. The second-order valence-electron chi connectivity index (χ2n) is 3.77. The van der Waals surface area contributed by atoms with Crippen LogP contribution in [0.1, 0.15) is 38.7 Å². The molecule has 0 fully saturated rings. The largest absolute Gasteiger partial charge is 0.492 e. The summed E-state index contributed by atoms with van der Waals surface area (Å²) in [6.45, 7) is 6.45. The van der Waals surface area contributed by atoms with Crippen molar-refractivity contribution in [3.63, 3.8) is 0 Å². The molecule has 1 nitrogen and oxygen atoms in total. The predicted molar refractivity (Wildman–Crippen MR) is 74.1 cm³/mol. The van der Waals surface area contributed by atoms with Crippen molar-refractivity contribution in [3.8, 4) is 17.6 Å². The first kappa shape index (κ1) is 14.2. The monoisotopic (exact) mass is 270 g/mol. The molecule has 0 radical (unpaired) electrons. The van der Waals surface area contributed by atoms with Crippen molar-refractivity contribution in [2.75, 3.05) is 6.61 Å². The van der Waals surface area contributed by atoms with Crippen LogP contribution >= 0.6 is 23.2 Å². The van der Waals surface area contributed by atoms with Crippen molar-refractivity contribution in [2.45, 2.75) is 33.1 Å². The van der Waals surface area contributed by atoms with Gasteiger partial charge >= 0.3 is 0 Å². The van der Waals surface area contributed by atoms with Crippen LogP contribution in [0, 0.1) is 11.8 Å². The Balaban J connectivity index is 3.13. The molecule has 0 bridgehead atoms. The lowest BCUT2D eigenvalue weighted by Gasteiger charge is -2.16. The Kier molecular flexibility index (Phi) is 5.68. The van der Waals surface area contributed by atoms with E-state index in [0.717, 1.165) is 17.7 Å². The first-order chi connectivity index (χ1) is 8.10. The second-order valence-corrected chi connectivity index (χ2v) is 4.61. The van der Waals surface area contributed by atoms with Crippen LogP contribution in [0.25, 0.3) is 0 Å². The third-order valence-corrected chi connectivity index (χ3v) is 2.94. The molecule has 1 aromatic carbocycles. The van der Waals surface area contributed by atoms with Crippen LogP contribution in [0.5, 0.6) is 5.75 Å². The third-order valence-electron chi connectivity index (χ3n) is 2.44. The summed E-state index contributed by atoms with van der Waals surface area (Å²) < 4.78 is 5.59. The van der Waals surface area contributed by atoms with E-state index in [1.807, 2.05) is 19.9 Å². The number of halogens is 2. The summed E-state index contributed by atoms with van der Waals surface area (Å²) >= 11 is 12.2. The molecule has 0 aliphatic rings. The smallest absolute Gasteiger partial charge is 0.141 e. The summed E-state index contributed by atoms with van der Waals surface area (Å²) in [6.07, 6.45) is 0.771. The summed E-state index contributed by atoms with van der Waals surface area (Å²) in [5, 5.41) is 1.19. The Morgan fingerprint density at radius 1 is 1.35 bits per heavy atom. The summed E-state index contributed by atoms with van der Waals surface area (Å²) in [6, 6.07) is 3.61. The van der Waals surface area contributed by atoms with Gasteiger partial charge in [0.05, 0.1) is 11.6 Å². The van der Waals surface area contributed by atoms with Crippen LogP contribution in [-0.2, 0) is 0 Å². The Bertz CT molecular complexity index is 444. The first-order valence-electron chi connectivity index (χ1n) is 5.61. The lowest BCUT2D eigenvalue weighted by molar-refractivity contribution is 0.335. The van der Waals surface area contributed by atoms with Gasteiger partial charge in [-0.3, -0.25) is 0 Å². The van der Waals surface area contributed by atoms with Crippen LogP contribution in [0.3, 0.4) is 0 Å². The van der Waals surface area contributed by atoms with Gasteiger partial charge in [-0.1, -0.05) is 30.1 Å². The van der Waals surface area contributed by atoms with E-state index in [2.05, 4.69) is 18.8 Å². The van der Waals surface area contributed by atoms with E-state index in [4.69, 9.17) is 27.9 Å². The van der Waals surface area contributed by atoms with Gasteiger partial charge in [-0.2, -0.15) is 0 Å². The maximum atomic E-state index is 6.15. The molecule has 92 valence electrons. The number of rotatable bonds is 4. The van der Waals surface area contributed by atoms with Gasteiger partial charge in [0, 0.05) is 17.0 Å². The fourth-order valence-electron chi connectivity index (χ4n) is 1.61. The molecule has 0 saturated carbocycles. The van der Waals surface area contributed by atoms with Gasteiger partial charge in [-0.05, 0) is 31.9 Å². The van der Waals surface area contributed by atoms with E-state index >= 15 is 0 Å². The molecule has 1 unspecified atom stereocenters. The van der Waals surface area contributed by atoms with Crippen LogP contribution in [0.4, 0.5) is 0 Å². The van der Waals surface area contributed by atoms with Crippen molar-refractivity contribution in [1.82, 2.24) is 0 Å². The Morgan fingerprint density at radius 2 is 2.06 bits per heavy atom. The van der Waals surface area contributed by atoms with E-state index in [9.17, 15) is 0 Å². The summed E-state index contributed by atoms with van der Waals surface area (Å²) in [7, 11) is 0. The van der Waals surface area contributed by atoms with Gasteiger partial charge in [-0.15, -0.1) is 11.8 Å². The molecule has 0 aliphatic heterocycles. The van der Waals surface area contributed by atoms with Crippen LogP contribution in [-0.4, -0.2) is 6.61 Å². The van der Waals surface area contributed by atoms with Crippen LogP contribution in [0.15, 0.2) is 12.1 Å². The van der Waals surface area contributed by atoms with Gasteiger partial charge in [-0.25, -0.2) is 0 Å². The maximum Gasteiger partial charge on any atom is 0.141 e. The second kappa shape index (κ2) is 6.79. The van der Waals surface area contributed by atoms with Gasteiger partial charge < -0.3 is 4.74 Å². The minimum Gasteiger partial charge on any atom is -0.492 e. The molecule has 0 N–H and O–H groups in total. The van der Waals surface area contributed by atoms with E-state index in [1.165, 1.54) is 0 Å². The van der Waals surface area contributed by atoms with E-state index < -0.39 is 0 Å². The highest BCUT2D eigenvalue weighted by Crippen LogP contribution is 2.37. The summed E-state index contributed by atoms with van der Waals surface area (Å²) in [5.41, 5.74) is 1.02. The highest BCUT2D eigenvalue weighted by atomic mass is 35.5. The van der Waals surface area contributed by atoms with E-state index in [-0.39, 0.29) is 5.92 Å². The summed E-state index contributed by atoms with van der Waals surface area (Å²) in [5.74, 6) is 6.93. The lowest BCUT2D eigenvalue weighted by atomic mass is 9.97. The minimum atomic E-state index is 0.250. The van der Waals surface area contributed by atoms with Gasteiger partial charge in [0.2, 0.25) is 0 Å². The number of ether oxygens (including phenoxy) is 1. The van der Waals surface area contributed by atoms with E-state index in [0.29, 0.717) is 16.7 Å². The molecule has 3 heteroatoms. The zero-order valence-electron chi connectivity index (χ0n) is 10.3. The lowest BCUT2D eigenvalue weighted by Crippen LogP contribution is -2.01. The maximum absolute atomic E-state index is 6.15. The Hall–Kier alpha value is -0.840. The molecule has 0 saturated heterocycles. The third kappa shape index (κ3) is 3.84. The average Bonchev–Trinajstić information content (AvgIpc) is 2.29. The standard InChI is InChI=1S/C14H16Cl2O/c1-4-6-7-10(3)12-8-11(15)9-13(16)14(12)17-5-2/h8-10H,5,7H2,1-3H3. The molecule has 0 amide bonds. The number of hydrogen-bond donors (Lipinski definition) is 0. The van der Waals surface area contributed by atoms with E-state index in [1.54, 1.807) is 6.07 Å². The molecule has 0 aliphatic carbocycles. The van der Waals surface area contributed by atoms with Gasteiger partial charge in [0.1, 0.15) is 5.75 Å². The SMILES string of the molecule is CC#CCC(C)c1cc(Cl)cc(Cl)c1OCC. The minimum absolute atomic E-state index is 0.250. The normalized spacial score (nSPS) is 11.6. The van der Waals surface area contributed by atoms with Crippen molar-refractivity contribution >= 4 is 23.2 Å². The topological polar surface area (TPSA) is 9.23 Å². The number of hydrogen-bond acceptors (Lipinski definition) is 1. The zero-order valence-corrected chi connectivity index (χ0v) is 11.8. The molecule has 0 aromatic heterocycles. The van der Waals surface area contributed by atoms with Gasteiger partial charge in [0.25, 0.3) is 0 Å². The quantitative estimate of drug-likeness (QED) is 0.707. The van der Waals surface area contributed by atoms with Crippen molar-refractivity contribution in [2.24, 2.45) is 0 Å². The highest BCUT2D eigenvalue weighted by Gasteiger charge is 2.15. The summed E-state index contributed by atoms with van der Waals surface area (Å²) in [4.78, 5) is 0. The molecular weight excluding hydrogens is 255 g/mol. The van der Waals surface area contributed by atoms with Crippen LogP contribution < -0.4 is 4.74 Å². The molecule has 1 rings (SSSR count). The predicted octanol–water partition coefficient (Wildman–Crippen LogP) is 4.91. The fourth-order valence-corrected chi connectivity index (χ4v) is 2.17. The molecular formula is C14H16Cl2O. The zero-order chi connectivity index (χ0) is 12.8. The van der Waals surface area contributed by atoms with Crippen molar-refractivity contribution < 1.29 is 4.74 Å². The molecule has 0 spiro atoms. The first-order valence-corrected chi connectivity index (χ1v) is 6.37. The Labute approximate surface area is 113 Å². The molecule has 1 aromatic rings. The highest BCUT2D eigenvalue weighted by molar-refractivity contribution is 6.35. The van der Waals surface area contributed by atoms with Crippen molar-refractivity contribution in [1.29, 1.82) is 0 Å². The molecule has 1 atom stereocenters. The Morgan fingerprint density at radius 3 is 2.65 bits per heavy atom. The van der Waals surface area contributed by atoms with Gasteiger partial charge in [0.15, 0.2) is 0 Å². The van der Waals surface area contributed by atoms with Crippen molar-refractivity contribution in [3.05, 3.63) is 27.7 Å². The number of benzene rings is 1.